The SMILES string of the molecule is COc1ccc([C@@H](N)C(C)C)cc1. The zero-order valence-corrected chi connectivity index (χ0v) is 8.45. The van der Waals surface area contributed by atoms with Crippen LogP contribution in [0.5, 0.6) is 5.75 Å². The first-order valence-corrected chi connectivity index (χ1v) is 4.54. The van der Waals surface area contributed by atoms with E-state index in [9.17, 15) is 0 Å². The van der Waals surface area contributed by atoms with Crippen molar-refractivity contribution in [2.45, 2.75) is 19.9 Å². The Hall–Kier alpha value is -1.02. The summed E-state index contributed by atoms with van der Waals surface area (Å²) in [5, 5.41) is 0. The van der Waals surface area contributed by atoms with Crippen molar-refractivity contribution in [1.82, 2.24) is 0 Å². The molecule has 0 saturated heterocycles. The third-order valence-electron chi connectivity index (χ3n) is 2.22. The molecule has 0 unspecified atom stereocenters. The van der Waals surface area contributed by atoms with Gasteiger partial charge in [0.05, 0.1) is 7.11 Å². The van der Waals surface area contributed by atoms with E-state index in [1.54, 1.807) is 7.11 Å². The number of rotatable bonds is 3. The quantitative estimate of drug-likeness (QED) is 0.773. The highest BCUT2D eigenvalue weighted by Crippen LogP contribution is 2.21. The minimum absolute atomic E-state index is 0.117. The lowest BCUT2D eigenvalue weighted by Gasteiger charge is -2.15. The van der Waals surface area contributed by atoms with Gasteiger partial charge in [-0.2, -0.15) is 0 Å². The first kappa shape index (κ1) is 10.1. The van der Waals surface area contributed by atoms with Gasteiger partial charge in [0.2, 0.25) is 0 Å². The highest BCUT2D eigenvalue weighted by Gasteiger charge is 2.09. The third-order valence-corrected chi connectivity index (χ3v) is 2.22. The van der Waals surface area contributed by atoms with Gasteiger partial charge >= 0.3 is 0 Å². The van der Waals surface area contributed by atoms with Gasteiger partial charge in [-0.05, 0) is 23.6 Å². The zero-order chi connectivity index (χ0) is 9.84. The van der Waals surface area contributed by atoms with Crippen molar-refractivity contribution in [2.75, 3.05) is 7.11 Å². The molecule has 0 aliphatic rings. The fourth-order valence-electron chi connectivity index (χ4n) is 1.21. The predicted molar refractivity (Wildman–Crippen MR) is 54.8 cm³/mol. The summed E-state index contributed by atoms with van der Waals surface area (Å²) in [6.45, 7) is 4.24. The van der Waals surface area contributed by atoms with Crippen LogP contribution in [0, 0.1) is 5.92 Å². The van der Waals surface area contributed by atoms with Gasteiger partial charge in [-0.25, -0.2) is 0 Å². The Morgan fingerprint density at radius 2 is 1.69 bits per heavy atom. The van der Waals surface area contributed by atoms with Crippen molar-refractivity contribution in [2.24, 2.45) is 11.7 Å². The normalized spacial score (nSPS) is 13.0. The summed E-state index contributed by atoms with van der Waals surface area (Å²) in [4.78, 5) is 0. The van der Waals surface area contributed by atoms with E-state index in [2.05, 4.69) is 13.8 Å². The molecule has 0 aliphatic carbocycles. The van der Waals surface area contributed by atoms with Crippen LogP contribution in [-0.4, -0.2) is 7.11 Å². The van der Waals surface area contributed by atoms with E-state index in [0.717, 1.165) is 11.3 Å². The number of ether oxygens (including phenoxy) is 1. The van der Waals surface area contributed by atoms with Crippen molar-refractivity contribution < 1.29 is 4.74 Å². The number of hydrogen-bond donors (Lipinski definition) is 1. The molecule has 0 aliphatic heterocycles. The standard InChI is InChI=1S/C11H17NO/c1-8(2)11(12)9-4-6-10(13-3)7-5-9/h4-8,11H,12H2,1-3H3/t11-/m0/s1. The number of methoxy groups -OCH3 is 1. The average molecular weight is 179 g/mol. The molecular formula is C11H17NO. The van der Waals surface area contributed by atoms with Gasteiger partial charge < -0.3 is 10.5 Å². The van der Waals surface area contributed by atoms with Crippen molar-refractivity contribution in [3.63, 3.8) is 0 Å². The van der Waals surface area contributed by atoms with E-state index in [-0.39, 0.29) is 6.04 Å². The first-order chi connectivity index (χ1) is 6.15. The monoisotopic (exact) mass is 179 g/mol. The van der Waals surface area contributed by atoms with E-state index in [1.165, 1.54) is 0 Å². The molecule has 2 N–H and O–H groups in total. The molecule has 0 spiro atoms. The van der Waals surface area contributed by atoms with Crippen molar-refractivity contribution >= 4 is 0 Å². The van der Waals surface area contributed by atoms with Crippen LogP contribution < -0.4 is 10.5 Å². The second-order valence-electron chi connectivity index (χ2n) is 3.54. The highest BCUT2D eigenvalue weighted by molar-refractivity contribution is 5.29. The summed E-state index contributed by atoms with van der Waals surface area (Å²) in [5.41, 5.74) is 7.15. The molecule has 0 heterocycles. The van der Waals surface area contributed by atoms with E-state index in [1.807, 2.05) is 24.3 Å². The number of hydrogen-bond acceptors (Lipinski definition) is 2. The maximum Gasteiger partial charge on any atom is 0.118 e. The Morgan fingerprint density at radius 3 is 2.08 bits per heavy atom. The van der Waals surface area contributed by atoms with Crippen LogP contribution in [0.2, 0.25) is 0 Å². The minimum atomic E-state index is 0.117. The lowest BCUT2D eigenvalue weighted by atomic mass is 9.97. The average Bonchev–Trinajstić information content (AvgIpc) is 2.17. The molecule has 0 saturated carbocycles. The molecule has 1 aromatic rings. The summed E-state index contributed by atoms with van der Waals surface area (Å²) in [6, 6.07) is 8.04. The molecule has 2 nitrogen and oxygen atoms in total. The van der Waals surface area contributed by atoms with Crippen LogP contribution in [0.4, 0.5) is 0 Å². The van der Waals surface area contributed by atoms with Crippen LogP contribution in [0.15, 0.2) is 24.3 Å². The maximum atomic E-state index is 5.99. The van der Waals surface area contributed by atoms with Gasteiger partial charge in [0, 0.05) is 6.04 Å². The van der Waals surface area contributed by atoms with Gasteiger partial charge in [-0.15, -0.1) is 0 Å². The molecule has 0 aromatic heterocycles. The van der Waals surface area contributed by atoms with E-state index >= 15 is 0 Å². The molecule has 0 amide bonds. The third kappa shape index (κ3) is 2.46. The fourth-order valence-corrected chi connectivity index (χ4v) is 1.21. The fraction of sp³-hybridized carbons (Fsp3) is 0.455. The summed E-state index contributed by atoms with van der Waals surface area (Å²) in [5.74, 6) is 1.34. The van der Waals surface area contributed by atoms with E-state index in [0.29, 0.717) is 5.92 Å². The molecular weight excluding hydrogens is 162 g/mol. The summed E-state index contributed by atoms with van der Waals surface area (Å²) >= 11 is 0. The largest absolute Gasteiger partial charge is 0.497 e. The second kappa shape index (κ2) is 4.28. The topological polar surface area (TPSA) is 35.2 Å². The van der Waals surface area contributed by atoms with E-state index < -0.39 is 0 Å². The molecule has 72 valence electrons. The summed E-state index contributed by atoms with van der Waals surface area (Å²) in [6.07, 6.45) is 0. The predicted octanol–water partition coefficient (Wildman–Crippen LogP) is 2.35. The smallest absolute Gasteiger partial charge is 0.118 e. The maximum absolute atomic E-state index is 5.99. The Labute approximate surface area is 79.7 Å². The first-order valence-electron chi connectivity index (χ1n) is 4.54. The Balaban J connectivity index is 2.79. The van der Waals surface area contributed by atoms with E-state index in [4.69, 9.17) is 10.5 Å². The van der Waals surface area contributed by atoms with Crippen LogP contribution in [0.25, 0.3) is 0 Å². The number of benzene rings is 1. The Kier molecular flexibility index (Phi) is 3.32. The number of nitrogens with two attached hydrogens (primary N) is 1. The molecule has 1 atom stereocenters. The van der Waals surface area contributed by atoms with Gasteiger partial charge in [0.1, 0.15) is 5.75 Å². The van der Waals surface area contributed by atoms with Gasteiger partial charge in [-0.3, -0.25) is 0 Å². The molecule has 0 bridgehead atoms. The zero-order valence-electron chi connectivity index (χ0n) is 8.45. The molecule has 0 radical (unpaired) electrons. The van der Waals surface area contributed by atoms with Gasteiger partial charge in [0.25, 0.3) is 0 Å². The molecule has 0 fully saturated rings. The molecule has 1 aromatic carbocycles. The Morgan fingerprint density at radius 1 is 1.15 bits per heavy atom. The minimum Gasteiger partial charge on any atom is -0.497 e. The van der Waals surface area contributed by atoms with Crippen molar-refractivity contribution in [1.29, 1.82) is 0 Å². The lowest BCUT2D eigenvalue weighted by Crippen LogP contribution is -2.16. The summed E-state index contributed by atoms with van der Waals surface area (Å²) < 4.78 is 5.07. The van der Waals surface area contributed by atoms with Crippen LogP contribution >= 0.6 is 0 Å². The van der Waals surface area contributed by atoms with Crippen LogP contribution in [0.1, 0.15) is 25.5 Å². The molecule has 13 heavy (non-hydrogen) atoms. The second-order valence-corrected chi connectivity index (χ2v) is 3.54. The van der Waals surface area contributed by atoms with Crippen molar-refractivity contribution in [3.8, 4) is 5.75 Å². The Bertz CT molecular complexity index is 253. The van der Waals surface area contributed by atoms with Gasteiger partial charge in [0.15, 0.2) is 0 Å². The van der Waals surface area contributed by atoms with Crippen LogP contribution in [0.3, 0.4) is 0 Å². The highest BCUT2D eigenvalue weighted by atomic mass is 16.5. The summed E-state index contributed by atoms with van der Waals surface area (Å²) in [7, 11) is 1.66. The van der Waals surface area contributed by atoms with Gasteiger partial charge in [-0.1, -0.05) is 26.0 Å². The lowest BCUT2D eigenvalue weighted by molar-refractivity contribution is 0.414. The van der Waals surface area contributed by atoms with Crippen LogP contribution in [-0.2, 0) is 0 Å². The van der Waals surface area contributed by atoms with Crippen molar-refractivity contribution in [3.05, 3.63) is 29.8 Å². The molecule has 1 rings (SSSR count). The molecule has 2 heteroatoms.